The lowest BCUT2D eigenvalue weighted by atomic mass is 9.99. The molecule has 1 atom stereocenters. The van der Waals surface area contributed by atoms with Gasteiger partial charge in [-0.2, -0.15) is 9.41 Å². The predicted molar refractivity (Wildman–Crippen MR) is 136 cm³/mol. The van der Waals surface area contributed by atoms with E-state index in [2.05, 4.69) is 15.8 Å². The molecule has 0 radical (unpaired) electrons. The Morgan fingerprint density at radius 3 is 2.61 bits per heavy atom. The third kappa shape index (κ3) is 7.05. The summed E-state index contributed by atoms with van der Waals surface area (Å²) in [7, 11) is -2.19. The molecule has 0 unspecified atom stereocenters. The van der Waals surface area contributed by atoms with E-state index in [1.165, 1.54) is 17.6 Å². The number of sulfonamides is 1. The Hall–Kier alpha value is -3.44. The third-order valence-corrected chi connectivity index (χ3v) is 7.60. The molecule has 0 spiro atoms. The summed E-state index contributed by atoms with van der Waals surface area (Å²) in [5.74, 6) is -0.263. The molecule has 10 nitrogen and oxygen atoms in total. The van der Waals surface area contributed by atoms with Crippen LogP contribution in [0.25, 0.3) is 0 Å². The van der Waals surface area contributed by atoms with Crippen LogP contribution in [-0.4, -0.2) is 64.1 Å². The average Bonchev–Trinajstić information content (AvgIpc) is 2.88. The Bertz CT molecular complexity index is 1200. The van der Waals surface area contributed by atoms with Gasteiger partial charge in [0, 0.05) is 19.6 Å². The van der Waals surface area contributed by atoms with Crippen molar-refractivity contribution in [3.63, 3.8) is 0 Å². The first-order valence-electron chi connectivity index (χ1n) is 11.7. The Labute approximate surface area is 211 Å². The van der Waals surface area contributed by atoms with Crippen molar-refractivity contribution in [3.05, 3.63) is 53.6 Å². The van der Waals surface area contributed by atoms with E-state index in [0.717, 1.165) is 5.56 Å². The maximum atomic E-state index is 13.0. The number of benzene rings is 2. The number of aryl methyl sites for hydroxylation is 1. The van der Waals surface area contributed by atoms with Gasteiger partial charge in [0.1, 0.15) is 0 Å². The van der Waals surface area contributed by atoms with E-state index in [1.807, 2.05) is 13.8 Å². The molecular weight excluding hydrogens is 484 g/mol. The number of hydrazone groups is 1. The monoisotopic (exact) mass is 516 g/mol. The fraction of sp³-hybridized carbons (Fsp3) is 0.400. The van der Waals surface area contributed by atoms with Crippen molar-refractivity contribution < 1.29 is 27.5 Å². The van der Waals surface area contributed by atoms with Gasteiger partial charge in [-0.15, -0.1) is 0 Å². The van der Waals surface area contributed by atoms with Crippen molar-refractivity contribution in [1.29, 1.82) is 0 Å². The number of nitrogens with zero attached hydrogens (tertiary/aromatic N) is 2. The van der Waals surface area contributed by atoms with E-state index in [0.29, 0.717) is 43.0 Å². The van der Waals surface area contributed by atoms with Crippen LogP contribution in [0.3, 0.4) is 0 Å². The van der Waals surface area contributed by atoms with Crippen LogP contribution in [0.5, 0.6) is 11.5 Å². The Balaban J connectivity index is 1.58. The average molecular weight is 517 g/mol. The summed E-state index contributed by atoms with van der Waals surface area (Å²) in [4.78, 5) is 24.5. The highest BCUT2D eigenvalue weighted by Gasteiger charge is 2.33. The summed E-state index contributed by atoms with van der Waals surface area (Å²) >= 11 is 0. The van der Waals surface area contributed by atoms with Crippen LogP contribution in [0.1, 0.15) is 30.9 Å². The topological polar surface area (TPSA) is 126 Å². The molecule has 36 heavy (non-hydrogen) atoms. The number of piperidine rings is 1. The zero-order valence-corrected chi connectivity index (χ0v) is 21.5. The zero-order valence-electron chi connectivity index (χ0n) is 20.7. The van der Waals surface area contributed by atoms with E-state index in [4.69, 9.17) is 9.47 Å². The van der Waals surface area contributed by atoms with Gasteiger partial charge in [-0.1, -0.05) is 17.7 Å². The molecule has 3 rings (SSSR count). The van der Waals surface area contributed by atoms with Crippen molar-refractivity contribution in [2.75, 3.05) is 33.4 Å². The minimum absolute atomic E-state index is 0.100. The second-order valence-corrected chi connectivity index (χ2v) is 10.3. The van der Waals surface area contributed by atoms with Crippen LogP contribution in [0, 0.1) is 12.8 Å². The van der Waals surface area contributed by atoms with Gasteiger partial charge in [0.25, 0.3) is 5.91 Å². The van der Waals surface area contributed by atoms with Crippen LogP contribution in [-0.2, 0) is 19.6 Å². The van der Waals surface area contributed by atoms with Crippen LogP contribution < -0.4 is 20.2 Å². The first kappa shape index (κ1) is 27.2. The number of hydrogen-bond acceptors (Lipinski definition) is 7. The lowest BCUT2D eigenvalue weighted by molar-refractivity contribution is -0.126. The highest BCUT2D eigenvalue weighted by atomic mass is 32.2. The number of carbonyl (C=O) groups excluding carboxylic acids is 2. The number of methoxy groups -OCH3 is 1. The number of rotatable bonds is 10. The molecule has 1 fully saturated rings. The Morgan fingerprint density at radius 2 is 1.92 bits per heavy atom. The molecule has 0 aromatic heterocycles. The first-order chi connectivity index (χ1) is 17.2. The lowest BCUT2D eigenvalue weighted by Gasteiger charge is -2.30. The summed E-state index contributed by atoms with van der Waals surface area (Å²) < 4.78 is 38.2. The SMILES string of the molecule is CCNC(=O)COc1ccc(/C=N\NC(=O)[C@@H]2CCCN(S(=O)(=O)c3ccc(C)cc3)C2)cc1OC. The second kappa shape index (κ2) is 12.5. The molecular formula is C25H32N4O6S. The molecule has 2 N–H and O–H groups in total. The molecule has 2 aromatic carbocycles. The lowest BCUT2D eigenvalue weighted by Crippen LogP contribution is -2.44. The predicted octanol–water partition coefficient (Wildman–Crippen LogP) is 2.07. The molecule has 1 aliphatic heterocycles. The molecule has 11 heteroatoms. The summed E-state index contributed by atoms with van der Waals surface area (Å²) in [6, 6.07) is 11.7. The molecule has 2 amide bonds. The van der Waals surface area contributed by atoms with Gasteiger partial charge < -0.3 is 14.8 Å². The van der Waals surface area contributed by atoms with Gasteiger partial charge in [0.15, 0.2) is 18.1 Å². The summed E-state index contributed by atoms with van der Waals surface area (Å²) in [6.07, 6.45) is 2.62. The van der Waals surface area contributed by atoms with Crippen molar-refractivity contribution in [1.82, 2.24) is 15.0 Å². The number of ether oxygens (including phenoxy) is 2. The number of hydrogen-bond donors (Lipinski definition) is 2. The van der Waals surface area contributed by atoms with Gasteiger partial charge in [0.2, 0.25) is 15.9 Å². The van der Waals surface area contributed by atoms with Crippen LogP contribution in [0.15, 0.2) is 52.5 Å². The van der Waals surface area contributed by atoms with Gasteiger partial charge in [-0.3, -0.25) is 9.59 Å². The second-order valence-electron chi connectivity index (χ2n) is 8.40. The summed E-state index contributed by atoms with van der Waals surface area (Å²) in [6.45, 7) is 4.57. The molecule has 1 aliphatic rings. The molecule has 194 valence electrons. The fourth-order valence-corrected chi connectivity index (χ4v) is 5.29. The van der Waals surface area contributed by atoms with Crippen LogP contribution >= 0.6 is 0 Å². The van der Waals surface area contributed by atoms with Gasteiger partial charge in [-0.25, -0.2) is 13.8 Å². The molecule has 1 saturated heterocycles. The van der Waals surface area contributed by atoms with Crippen molar-refractivity contribution in [3.8, 4) is 11.5 Å². The standard InChI is InChI=1S/C25H32N4O6S/c1-4-26-24(30)17-35-22-12-9-19(14-23(22)34-3)15-27-28-25(31)20-6-5-13-29(16-20)36(32,33)21-10-7-18(2)8-11-21/h7-12,14-15,20H,4-6,13,16-17H2,1-3H3,(H,26,30)(H,28,31)/b27-15-/t20-/m1/s1. The first-order valence-corrected chi connectivity index (χ1v) is 13.2. The molecule has 0 aliphatic carbocycles. The highest BCUT2D eigenvalue weighted by Crippen LogP contribution is 2.28. The normalized spacial score (nSPS) is 16.5. The molecule has 0 bridgehead atoms. The van der Waals surface area contributed by atoms with Crippen LogP contribution in [0.4, 0.5) is 0 Å². The molecule has 1 heterocycles. The Morgan fingerprint density at radius 1 is 1.17 bits per heavy atom. The minimum atomic E-state index is -3.67. The highest BCUT2D eigenvalue weighted by molar-refractivity contribution is 7.89. The quantitative estimate of drug-likeness (QED) is 0.368. The van der Waals surface area contributed by atoms with Gasteiger partial charge in [-0.05, 0) is 62.6 Å². The summed E-state index contributed by atoms with van der Waals surface area (Å²) in [5, 5.41) is 6.67. The number of nitrogens with one attached hydrogen (secondary N) is 2. The molecule has 0 saturated carbocycles. The van der Waals surface area contributed by atoms with E-state index in [-0.39, 0.29) is 29.9 Å². The largest absolute Gasteiger partial charge is 0.493 e. The fourth-order valence-electron chi connectivity index (χ4n) is 3.77. The third-order valence-electron chi connectivity index (χ3n) is 5.72. The van der Waals surface area contributed by atoms with E-state index in [1.54, 1.807) is 42.5 Å². The Kier molecular flexibility index (Phi) is 9.43. The zero-order chi connectivity index (χ0) is 26.1. The maximum Gasteiger partial charge on any atom is 0.257 e. The van der Waals surface area contributed by atoms with Crippen molar-refractivity contribution in [2.45, 2.75) is 31.6 Å². The van der Waals surface area contributed by atoms with Gasteiger partial charge >= 0.3 is 0 Å². The van der Waals surface area contributed by atoms with Crippen molar-refractivity contribution >= 4 is 28.1 Å². The smallest absolute Gasteiger partial charge is 0.257 e. The number of amides is 2. The van der Waals surface area contributed by atoms with Crippen LogP contribution in [0.2, 0.25) is 0 Å². The molecule has 2 aromatic rings. The minimum Gasteiger partial charge on any atom is -0.493 e. The maximum absolute atomic E-state index is 13.0. The summed E-state index contributed by atoms with van der Waals surface area (Å²) in [5.41, 5.74) is 4.13. The van der Waals surface area contributed by atoms with Gasteiger partial charge in [0.05, 0.1) is 24.1 Å². The van der Waals surface area contributed by atoms with E-state index >= 15 is 0 Å². The van der Waals surface area contributed by atoms with E-state index in [9.17, 15) is 18.0 Å². The van der Waals surface area contributed by atoms with Crippen molar-refractivity contribution in [2.24, 2.45) is 11.0 Å². The number of likely N-dealkylation sites (N-methyl/N-ethyl adjacent to an activating group) is 1. The number of carbonyl (C=O) groups is 2. The van der Waals surface area contributed by atoms with E-state index < -0.39 is 15.9 Å².